The van der Waals surface area contributed by atoms with Crippen molar-refractivity contribution in [3.05, 3.63) is 29.8 Å². The highest BCUT2D eigenvalue weighted by molar-refractivity contribution is 5.73. The quantitative estimate of drug-likeness (QED) is 0.898. The molecule has 2 atom stereocenters. The molecule has 0 spiro atoms. The summed E-state index contributed by atoms with van der Waals surface area (Å²) in [7, 11) is 4.05. The molecule has 0 bridgehead atoms. The SMILES string of the molecule is CC[C@H](C(=O)O)N1CCC[C@H]1c1cccc(N(C)C)c1. The third-order valence-electron chi connectivity index (χ3n) is 4.14. The molecule has 2 rings (SSSR count). The van der Waals surface area contributed by atoms with Crippen LogP contribution in [0.3, 0.4) is 0 Å². The number of rotatable bonds is 5. The van der Waals surface area contributed by atoms with Crippen LogP contribution in [0.25, 0.3) is 0 Å². The van der Waals surface area contributed by atoms with Gasteiger partial charge in [0.25, 0.3) is 0 Å². The van der Waals surface area contributed by atoms with E-state index >= 15 is 0 Å². The number of anilines is 1. The smallest absolute Gasteiger partial charge is 0.320 e. The van der Waals surface area contributed by atoms with Crippen molar-refractivity contribution < 1.29 is 9.90 Å². The monoisotopic (exact) mass is 276 g/mol. The van der Waals surface area contributed by atoms with Gasteiger partial charge in [-0.25, -0.2) is 0 Å². The average molecular weight is 276 g/mol. The molecule has 1 aromatic rings. The highest BCUT2D eigenvalue weighted by Crippen LogP contribution is 2.35. The predicted molar refractivity (Wildman–Crippen MR) is 81.2 cm³/mol. The van der Waals surface area contributed by atoms with E-state index in [0.29, 0.717) is 6.42 Å². The highest BCUT2D eigenvalue weighted by atomic mass is 16.4. The number of carboxylic acids is 1. The molecule has 0 aromatic heterocycles. The normalized spacial score (nSPS) is 20.9. The first-order chi connectivity index (χ1) is 9.54. The van der Waals surface area contributed by atoms with E-state index in [2.05, 4.69) is 34.1 Å². The molecule has 0 saturated carbocycles. The van der Waals surface area contributed by atoms with Gasteiger partial charge in [-0.15, -0.1) is 0 Å². The van der Waals surface area contributed by atoms with Crippen molar-refractivity contribution in [1.82, 2.24) is 4.90 Å². The Morgan fingerprint density at radius 3 is 2.85 bits per heavy atom. The summed E-state index contributed by atoms with van der Waals surface area (Å²) in [5.41, 5.74) is 2.39. The summed E-state index contributed by atoms with van der Waals surface area (Å²) in [6.45, 7) is 2.83. The summed E-state index contributed by atoms with van der Waals surface area (Å²) in [5.74, 6) is -0.705. The maximum atomic E-state index is 11.4. The van der Waals surface area contributed by atoms with Crippen molar-refractivity contribution >= 4 is 11.7 Å². The van der Waals surface area contributed by atoms with Gasteiger partial charge in [0.2, 0.25) is 0 Å². The van der Waals surface area contributed by atoms with Crippen LogP contribution in [0.2, 0.25) is 0 Å². The van der Waals surface area contributed by atoms with Crippen molar-refractivity contribution in [2.45, 2.75) is 38.3 Å². The molecule has 20 heavy (non-hydrogen) atoms. The molecule has 1 N–H and O–H groups in total. The topological polar surface area (TPSA) is 43.8 Å². The first kappa shape index (κ1) is 14.9. The van der Waals surface area contributed by atoms with E-state index in [1.54, 1.807) is 0 Å². The number of nitrogens with zero attached hydrogens (tertiary/aromatic N) is 2. The Morgan fingerprint density at radius 2 is 2.25 bits per heavy atom. The second-order valence-corrected chi connectivity index (χ2v) is 5.65. The molecule has 0 radical (unpaired) electrons. The molecule has 0 amide bonds. The van der Waals surface area contributed by atoms with Gasteiger partial charge < -0.3 is 10.0 Å². The van der Waals surface area contributed by atoms with E-state index in [1.807, 2.05) is 21.0 Å². The van der Waals surface area contributed by atoms with E-state index in [1.165, 1.54) is 5.56 Å². The van der Waals surface area contributed by atoms with E-state index in [9.17, 15) is 9.90 Å². The molecule has 1 aliphatic heterocycles. The Labute approximate surface area is 121 Å². The Hall–Kier alpha value is -1.55. The molecule has 0 unspecified atom stereocenters. The Kier molecular flexibility index (Phi) is 4.65. The van der Waals surface area contributed by atoms with Crippen LogP contribution in [0.4, 0.5) is 5.69 Å². The number of aliphatic carboxylic acids is 1. The molecule has 0 aliphatic carbocycles. The number of carbonyl (C=O) groups is 1. The first-order valence-electron chi connectivity index (χ1n) is 7.30. The van der Waals surface area contributed by atoms with Gasteiger partial charge in [-0.2, -0.15) is 0 Å². The van der Waals surface area contributed by atoms with E-state index in [4.69, 9.17) is 0 Å². The molecule has 4 heteroatoms. The molecular weight excluding hydrogens is 252 g/mol. The molecule has 110 valence electrons. The lowest BCUT2D eigenvalue weighted by atomic mass is 10.0. The summed E-state index contributed by atoms with van der Waals surface area (Å²) in [4.78, 5) is 15.7. The summed E-state index contributed by atoms with van der Waals surface area (Å²) >= 11 is 0. The van der Waals surface area contributed by atoms with Crippen LogP contribution in [-0.2, 0) is 4.79 Å². The van der Waals surface area contributed by atoms with Crippen LogP contribution in [0.1, 0.15) is 37.8 Å². The lowest BCUT2D eigenvalue weighted by Crippen LogP contribution is -2.40. The number of hydrogen-bond donors (Lipinski definition) is 1. The van der Waals surface area contributed by atoms with Gasteiger partial charge in [0.15, 0.2) is 0 Å². The van der Waals surface area contributed by atoms with Crippen LogP contribution >= 0.6 is 0 Å². The van der Waals surface area contributed by atoms with Crippen LogP contribution < -0.4 is 4.90 Å². The zero-order valence-corrected chi connectivity index (χ0v) is 12.5. The minimum atomic E-state index is -0.705. The van der Waals surface area contributed by atoms with E-state index in [-0.39, 0.29) is 12.1 Å². The molecule has 1 aliphatic rings. The van der Waals surface area contributed by atoms with E-state index in [0.717, 1.165) is 25.1 Å². The second kappa shape index (κ2) is 6.27. The minimum Gasteiger partial charge on any atom is -0.480 e. The number of likely N-dealkylation sites (tertiary alicyclic amines) is 1. The highest BCUT2D eigenvalue weighted by Gasteiger charge is 2.34. The third-order valence-corrected chi connectivity index (χ3v) is 4.14. The lowest BCUT2D eigenvalue weighted by Gasteiger charge is -2.30. The van der Waals surface area contributed by atoms with Crippen molar-refractivity contribution in [2.75, 3.05) is 25.5 Å². The zero-order valence-electron chi connectivity index (χ0n) is 12.5. The van der Waals surface area contributed by atoms with Crippen molar-refractivity contribution in [2.24, 2.45) is 0 Å². The molecule has 4 nitrogen and oxygen atoms in total. The number of hydrogen-bond acceptors (Lipinski definition) is 3. The molecular formula is C16H24N2O2. The average Bonchev–Trinajstić information content (AvgIpc) is 2.88. The standard InChI is InChI=1S/C16H24N2O2/c1-4-14(16(19)20)18-10-6-9-15(18)12-7-5-8-13(11-12)17(2)3/h5,7-8,11,14-15H,4,6,9-10H2,1-3H3,(H,19,20)/t14-,15+/m1/s1. The van der Waals surface area contributed by atoms with Crippen molar-refractivity contribution in [3.63, 3.8) is 0 Å². The van der Waals surface area contributed by atoms with Gasteiger partial charge >= 0.3 is 5.97 Å². The predicted octanol–water partition coefficient (Wildman–Crippen LogP) is 2.75. The fourth-order valence-electron chi connectivity index (χ4n) is 3.08. The second-order valence-electron chi connectivity index (χ2n) is 5.65. The van der Waals surface area contributed by atoms with Gasteiger partial charge in [-0.1, -0.05) is 19.1 Å². The van der Waals surface area contributed by atoms with Crippen molar-refractivity contribution in [1.29, 1.82) is 0 Å². The number of benzene rings is 1. The van der Waals surface area contributed by atoms with Gasteiger partial charge in [0, 0.05) is 25.8 Å². The Balaban J connectivity index is 2.26. The van der Waals surface area contributed by atoms with Crippen LogP contribution in [0, 0.1) is 0 Å². The molecule has 1 fully saturated rings. The zero-order chi connectivity index (χ0) is 14.7. The fraction of sp³-hybridized carbons (Fsp3) is 0.562. The van der Waals surface area contributed by atoms with Gasteiger partial charge in [0.1, 0.15) is 6.04 Å². The van der Waals surface area contributed by atoms with Crippen LogP contribution in [-0.4, -0.2) is 42.7 Å². The maximum Gasteiger partial charge on any atom is 0.320 e. The molecule has 1 saturated heterocycles. The van der Waals surface area contributed by atoms with Gasteiger partial charge in [0.05, 0.1) is 0 Å². The van der Waals surface area contributed by atoms with Crippen LogP contribution in [0.15, 0.2) is 24.3 Å². The van der Waals surface area contributed by atoms with Gasteiger partial charge in [-0.3, -0.25) is 9.69 Å². The summed E-state index contributed by atoms with van der Waals surface area (Å²) in [5, 5.41) is 9.39. The third kappa shape index (κ3) is 2.96. The lowest BCUT2D eigenvalue weighted by molar-refractivity contribution is -0.143. The Bertz CT molecular complexity index is 473. The molecule has 1 aromatic carbocycles. The fourth-order valence-corrected chi connectivity index (χ4v) is 3.08. The minimum absolute atomic E-state index is 0.232. The summed E-state index contributed by atoms with van der Waals surface area (Å²) in [6, 6.07) is 8.30. The number of carboxylic acid groups (broad SMARTS) is 1. The Morgan fingerprint density at radius 1 is 1.50 bits per heavy atom. The van der Waals surface area contributed by atoms with Crippen molar-refractivity contribution in [3.8, 4) is 0 Å². The molecule has 1 heterocycles. The summed E-state index contributed by atoms with van der Waals surface area (Å²) < 4.78 is 0. The first-order valence-corrected chi connectivity index (χ1v) is 7.30. The van der Waals surface area contributed by atoms with Gasteiger partial charge in [-0.05, 0) is 43.5 Å². The van der Waals surface area contributed by atoms with E-state index < -0.39 is 5.97 Å². The van der Waals surface area contributed by atoms with Crippen LogP contribution in [0.5, 0.6) is 0 Å². The maximum absolute atomic E-state index is 11.4. The largest absolute Gasteiger partial charge is 0.480 e. The summed E-state index contributed by atoms with van der Waals surface area (Å²) in [6.07, 6.45) is 2.76.